The molecule has 34 heavy (non-hydrogen) atoms. The van der Waals surface area contributed by atoms with Gasteiger partial charge in [-0.2, -0.15) is 0 Å². The van der Waals surface area contributed by atoms with Crippen LogP contribution in [-0.2, 0) is 20.9 Å². The Kier molecular flexibility index (Phi) is 7.06. The molecule has 10 heteroatoms. The van der Waals surface area contributed by atoms with E-state index in [4.69, 9.17) is 23.7 Å². The summed E-state index contributed by atoms with van der Waals surface area (Å²) in [6.45, 7) is 6.64. The second-order valence-electron chi connectivity index (χ2n) is 8.72. The predicted octanol–water partition coefficient (Wildman–Crippen LogP) is 2.36. The highest BCUT2D eigenvalue weighted by molar-refractivity contribution is 5.94. The summed E-state index contributed by atoms with van der Waals surface area (Å²) in [5, 5.41) is 28.5. The smallest absolute Gasteiger partial charge is 0.453 e. The number of carbonyl (C=O) groups excluding carboxylic acids is 2. The van der Waals surface area contributed by atoms with Crippen molar-refractivity contribution in [1.82, 2.24) is 0 Å². The normalized spacial score (nSPS) is 13.4. The lowest BCUT2D eigenvalue weighted by Crippen LogP contribution is -2.36. The summed E-state index contributed by atoms with van der Waals surface area (Å²) in [6.07, 6.45) is -3.86. The number of hydrogen-bond donors (Lipinski definition) is 3. The van der Waals surface area contributed by atoms with Gasteiger partial charge in [0.1, 0.15) is 13.2 Å². The summed E-state index contributed by atoms with van der Waals surface area (Å²) >= 11 is 0. The zero-order valence-corrected chi connectivity index (χ0v) is 19.6. The highest BCUT2D eigenvalue weighted by Crippen LogP contribution is 2.46. The Morgan fingerprint density at radius 2 is 1.76 bits per heavy atom. The van der Waals surface area contributed by atoms with Crippen molar-refractivity contribution in [3.63, 3.8) is 0 Å². The van der Waals surface area contributed by atoms with Crippen molar-refractivity contribution in [3.8, 4) is 28.4 Å². The number of methoxy groups -OCH3 is 1. The summed E-state index contributed by atoms with van der Waals surface area (Å²) in [6, 6.07) is 8.10. The molecule has 0 atom stereocenters. The number of rotatable bonds is 9. The van der Waals surface area contributed by atoms with Gasteiger partial charge >= 0.3 is 18.1 Å². The minimum absolute atomic E-state index is 0.0301. The third-order valence-corrected chi connectivity index (χ3v) is 5.00. The van der Waals surface area contributed by atoms with Crippen LogP contribution in [0.25, 0.3) is 11.1 Å². The number of ether oxygens (including phenoxy) is 5. The molecule has 0 radical (unpaired) electrons. The van der Waals surface area contributed by atoms with Crippen LogP contribution in [0.2, 0.25) is 0 Å². The quantitative estimate of drug-likeness (QED) is 0.365. The third kappa shape index (κ3) is 5.58. The van der Waals surface area contributed by atoms with Gasteiger partial charge in [0.2, 0.25) is 5.75 Å². The number of hydrogen-bond acceptors (Lipinski definition) is 10. The number of aliphatic hydroxyl groups is 3. The van der Waals surface area contributed by atoms with E-state index in [1.54, 1.807) is 52.0 Å². The molecule has 0 fully saturated rings. The first kappa shape index (κ1) is 25.3. The van der Waals surface area contributed by atoms with Gasteiger partial charge in [0, 0.05) is 11.1 Å². The lowest BCUT2D eigenvalue weighted by atomic mass is 9.94. The molecule has 0 saturated heterocycles. The zero-order chi connectivity index (χ0) is 25.3. The molecule has 0 bridgehead atoms. The van der Waals surface area contributed by atoms with E-state index in [-0.39, 0.29) is 36.6 Å². The number of esters is 2. The minimum Gasteiger partial charge on any atom is -0.493 e. The Hall–Kier alpha value is -3.34. The fourth-order valence-corrected chi connectivity index (χ4v) is 3.30. The molecule has 0 spiro atoms. The largest absolute Gasteiger partial charge is 0.493 e. The fraction of sp³-hybridized carbons (Fsp3) is 0.417. The maximum absolute atomic E-state index is 12.5. The molecule has 3 N–H and O–H groups in total. The standard InChI is InChI=1S/C24H28O10/c1-13(2)33-22(26)23(3,4)12-32-19-16(8-9-18(30-5)20(19)34-24(27,28)29)14-6-7-17-15(10-14)11-31-21(17)25/h6-10,13,27-29H,11-12H2,1-5H3. The van der Waals surface area contributed by atoms with E-state index in [9.17, 15) is 24.9 Å². The van der Waals surface area contributed by atoms with Gasteiger partial charge in [0.05, 0.1) is 24.2 Å². The number of cyclic esters (lactones) is 1. The molecule has 2 aromatic carbocycles. The Morgan fingerprint density at radius 3 is 2.38 bits per heavy atom. The van der Waals surface area contributed by atoms with E-state index in [0.717, 1.165) is 0 Å². The molecule has 10 nitrogen and oxygen atoms in total. The molecule has 0 aliphatic carbocycles. The van der Waals surface area contributed by atoms with Crippen LogP contribution in [0.1, 0.15) is 43.6 Å². The summed E-state index contributed by atoms with van der Waals surface area (Å²) in [4.78, 5) is 24.3. The molecule has 1 aliphatic rings. The number of benzene rings is 2. The predicted molar refractivity (Wildman–Crippen MR) is 118 cm³/mol. The highest BCUT2D eigenvalue weighted by Gasteiger charge is 2.34. The van der Waals surface area contributed by atoms with Crippen LogP contribution >= 0.6 is 0 Å². The van der Waals surface area contributed by atoms with E-state index < -0.39 is 23.5 Å². The molecular weight excluding hydrogens is 448 g/mol. The van der Waals surface area contributed by atoms with Crippen LogP contribution in [0.4, 0.5) is 0 Å². The average Bonchev–Trinajstić information content (AvgIpc) is 3.11. The fourth-order valence-electron chi connectivity index (χ4n) is 3.30. The second-order valence-corrected chi connectivity index (χ2v) is 8.72. The van der Waals surface area contributed by atoms with Crippen LogP contribution in [0.3, 0.4) is 0 Å². The maximum Gasteiger partial charge on any atom is 0.453 e. The molecule has 0 aromatic heterocycles. The summed E-state index contributed by atoms with van der Waals surface area (Å²) in [5.74, 6) is -1.23. The Morgan fingerprint density at radius 1 is 1.09 bits per heavy atom. The van der Waals surface area contributed by atoms with E-state index in [1.165, 1.54) is 13.2 Å². The molecule has 0 amide bonds. The third-order valence-electron chi connectivity index (χ3n) is 5.00. The van der Waals surface area contributed by atoms with Crippen LogP contribution in [0.5, 0.6) is 17.2 Å². The molecule has 184 valence electrons. The zero-order valence-electron chi connectivity index (χ0n) is 19.6. The van der Waals surface area contributed by atoms with E-state index in [2.05, 4.69) is 0 Å². The summed E-state index contributed by atoms with van der Waals surface area (Å²) < 4.78 is 26.5. The second kappa shape index (κ2) is 9.49. The summed E-state index contributed by atoms with van der Waals surface area (Å²) in [7, 11) is 1.32. The van der Waals surface area contributed by atoms with Gasteiger partial charge in [-0.05, 0) is 57.5 Å². The average molecular weight is 476 g/mol. The van der Waals surface area contributed by atoms with Crippen LogP contribution < -0.4 is 14.2 Å². The van der Waals surface area contributed by atoms with Crippen molar-refractivity contribution >= 4 is 11.9 Å². The van der Waals surface area contributed by atoms with Gasteiger partial charge < -0.3 is 39.0 Å². The number of fused-ring (bicyclic) bond motifs is 1. The van der Waals surface area contributed by atoms with Crippen molar-refractivity contribution in [2.24, 2.45) is 5.41 Å². The molecule has 0 unspecified atom stereocenters. The number of carbonyl (C=O) groups is 2. The van der Waals surface area contributed by atoms with Crippen molar-refractivity contribution in [1.29, 1.82) is 0 Å². The minimum atomic E-state index is -3.53. The highest BCUT2D eigenvalue weighted by atomic mass is 16.9. The van der Waals surface area contributed by atoms with Gasteiger partial charge in [0.25, 0.3) is 0 Å². The van der Waals surface area contributed by atoms with Gasteiger partial charge in [-0.3, -0.25) is 4.79 Å². The van der Waals surface area contributed by atoms with Crippen LogP contribution in [-0.4, -0.2) is 53.2 Å². The molecule has 1 heterocycles. The van der Waals surface area contributed by atoms with Crippen molar-refractivity contribution in [2.75, 3.05) is 13.7 Å². The first-order valence-electron chi connectivity index (χ1n) is 10.5. The van der Waals surface area contributed by atoms with Gasteiger partial charge in [-0.25, -0.2) is 4.79 Å². The van der Waals surface area contributed by atoms with E-state index in [0.29, 0.717) is 22.3 Å². The Labute approximate surface area is 196 Å². The van der Waals surface area contributed by atoms with Gasteiger partial charge in [-0.15, -0.1) is 0 Å². The van der Waals surface area contributed by atoms with Gasteiger partial charge in [0.15, 0.2) is 11.5 Å². The van der Waals surface area contributed by atoms with E-state index >= 15 is 0 Å². The van der Waals surface area contributed by atoms with Crippen LogP contribution in [0, 0.1) is 5.41 Å². The Balaban J connectivity index is 2.08. The molecular formula is C24H28O10. The lowest BCUT2D eigenvalue weighted by Gasteiger charge is -2.27. The molecule has 3 rings (SSSR count). The van der Waals surface area contributed by atoms with Crippen LogP contribution in [0.15, 0.2) is 30.3 Å². The topological polar surface area (TPSA) is 141 Å². The first-order chi connectivity index (χ1) is 15.8. The Bertz CT molecular complexity index is 1080. The maximum atomic E-state index is 12.5. The van der Waals surface area contributed by atoms with E-state index in [1.807, 2.05) is 0 Å². The van der Waals surface area contributed by atoms with Gasteiger partial charge in [-0.1, -0.05) is 6.07 Å². The lowest BCUT2D eigenvalue weighted by molar-refractivity contribution is -0.420. The monoisotopic (exact) mass is 476 g/mol. The van der Waals surface area contributed by atoms with Crippen molar-refractivity contribution in [2.45, 2.75) is 46.6 Å². The molecule has 1 aliphatic heterocycles. The summed E-state index contributed by atoms with van der Waals surface area (Å²) in [5.41, 5.74) is 1.01. The first-order valence-corrected chi connectivity index (χ1v) is 10.5. The molecule has 2 aromatic rings. The van der Waals surface area contributed by atoms with Crippen molar-refractivity contribution < 1.29 is 48.6 Å². The molecule has 0 saturated carbocycles. The van der Waals surface area contributed by atoms with Crippen molar-refractivity contribution in [3.05, 3.63) is 41.5 Å². The SMILES string of the molecule is COc1ccc(-c2ccc3c(c2)COC3=O)c(OCC(C)(C)C(=O)OC(C)C)c1OC(O)(O)O.